The van der Waals surface area contributed by atoms with Gasteiger partial charge in [0.05, 0.1) is 24.6 Å². The maximum Gasteiger partial charge on any atom is 0.229 e. The number of aromatic nitrogens is 4. The zero-order chi connectivity index (χ0) is 18.5. The predicted octanol–water partition coefficient (Wildman–Crippen LogP) is 2.35. The third kappa shape index (κ3) is 4.59. The van der Waals surface area contributed by atoms with Crippen molar-refractivity contribution in [2.24, 2.45) is 7.05 Å². The SMILES string of the molecule is [C-]#[N+]CCN1C[C@@H](F)C[C@H]1CNc1nc(Nc2cnn(C)c2)ncc1Cl. The summed E-state index contributed by atoms with van der Waals surface area (Å²) in [6.07, 6.45) is 4.56. The van der Waals surface area contributed by atoms with Gasteiger partial charge in [0.2, 0.25) is 12.5 Å². The molecule has 1 aliphatic rings. The number of halogens is 2. The largest absolute Gasteiger partial charge is 0.367 e. The third-order valence-corrected chi connectivity index (χ3v) is 4.46. The van der Waals surface area contributed by atoms with Gasteiger partial charge in [-0.2, -0.15) is 10.1 Å². The van der Waals surface area contributed by atoms with E-state index in [9.17, 15) is 4.39 Å². The highest BCUT2D eigenvalue weighted by Gasteiger charge is 2.32. The normalized spacial score (nSPS) is 20.1. The van der Waals surface area contributed by atoms with Gasteiger partial charge < -0.3 is 15.5 Å². The molecule has 2 atom stereocenters. The maximum atomic E-state index is 13.7. The van der Waals surface area contributed by atoms with Gasteiger partial charge in [-0.25, -0.2) is 15.9 Å². The summed E-state index contributed by atoms with van der Waals surface area (Å²) in [5.41, 5.74) is 0.766. The van der Waals surface area contributed by atoms with Crippen LogP contribution >= 0.6 is 11.6 Å². The van der Waals surface area contributed by atoms with E-state index in [1.165, 1.54) is 6.20 Å². The van der Waals surface area contributed by atoms with Gasteiger partial charge in [-0.05, 0) is 6.42 Å². The van der Waals surface area contributed by atoms with Crippen molar-refractivity contribution in [1.29, 1.82) is 0 Å². The molecular weight excluding hydrogens is 359 g/mol. The summed E-state index contributed by atoms with van der Waals surface area (Å²) in [5.74, 6) is 0.880. The second kappa shape index (κ2) is 8.29. The Kier molecular flexibility index (Phi) is 5.85. The molecule has 1 saturated heterocycles. The minimum atomic E-state index is -0.865. The lowest BCUT2D eigenvalue weighted by Crippen LogP contribution is -2.36. The Hall–Kier alpha value is -2.44. The smallest absolute Gasteiger partial charge is 0.229 e. The molecule has 0 radical (unpaired) electrons. The van der Waals surface area contributed by atoms with Crippen LogP contribution in [-0.2, 0) is 7.05 Å². The zero-order valence-corrected chi connectivity index (χ0v) is 15.1. The van der Waals surface area contributed by atoms with Crippen molar-refractivity contribution >= 4 is 29.1 Å². The minimum absolute atomic E-state index is 0.00696. The molecule has 0 saturated carbocycles. The number of aryl methyl sites for hydroxylation is 1. The lowest BCUT2D eigenvalue weighted by atomic mass is 10.2. The van der Waals surface area contributed by atoms with E-state index in [2.05, 4.69) is 30.5 Å². The van der Waals surface area contributed by atoms with E-state index in [-0.39, 0.29) is 6.04 Å². The van der Waals surface area contributed by atoms with Crippen LogP contribution in [-0.4, -0.2) is 63.0 Å². The summed E-state index contributed by atoms with van der Waals surface area (Å²) in [7, 11) is 1.82. The molecule has 0 bridgehead atoms. The topological polar surface area (TPSA) is 75.3 Å². The molecular formula is C16H20ClFN8. The Bertz CT molecular complexity index is 789. The summed E-state index contributed by atoms with van der Waals surface area (Å²) in [5, 5.41) is 10.7. The van der Waals surface area contributed by atoms with Crippen LogP contribution in [0.25, 0.3) is 4.85 Å². The summed E-state index contributed by atoms with van der Waals surface area (Å²) >= 11 is 6.18. The first kappa shape index (κ1) is 18.4. The molecule has 3 rings (SSSR count). The quantitative estimate of drug-likeness (QED) is 0.720. The van der Waals surface area contributed by atoms with Gasteiger partial charge in [-0.1, -0.05) is 11.6 Å². The standard InChI is InChI=1S/C16H20ClFN8/c1-19-3-4-26-9-11(18)5-13(26)7-20-15-14(17)8-21-16(24-15)23-12-6-22-25(2)10-12/h6,8,10-11,13H,3-5,7,9H2,2H3,(H2,20,21,23,24)/t11-,13-/m0/s1. The fourth-order valence-electron chi connectivity index (χ4n) is 2.97. The number of hydrogen-bond donors (Lipinski definition) is 2. The van der Waals surface area contributed by atoms with Crippen LogP contribution in [0.4, 0.5) is 21.8 Å². The number of alkyl halides is 1. The van der Waals surface area contributed by atoms with Crippen molar-refractivity contribution in [1.82, 2.24) is 24.6 Å². The van der Waals surface area contributed by atoms with Crippen molar-refractivity contribution in [3.8, 4) is 0 Å². The van der Waals surface area contributed by atoms with Crippen LogP contribution in [0.1, 0.15) is 6.42 Å². The van der Waals surface area contributed by atoms with E-state index in [1.54, 1.807) is 17.1 Å². The van der Waals surface area contributed by atoms with Crippen molar-refractivity contribution in [2.75, 3.05) is 36.8 Å². The molecule has 8 nitrogen and oxygen atoms in total. The lowest BCUT2D eigenvalue weighted by Gasteiger charge is -2.22. The molecule has 0 aliphatic carbocycles. The average molecular weight is 379 g/mol. The highest BCUT2D eigenvalue weighted by atomic mass is 35.5. The summed E-state index contributed by atoms with van der Waals surface area (Å²) in [4.78, 5) is 13.9. The Morgan fingerprint density at radius 2 is 2.31 bits per heavy atom. The van der Waals surface area contributed by atoms with Crippen LogP contribution in [0.5, 0.6) is 0 Å². The molecule has 0 aromatic carbocycles. The summed E-state index contributed by atoms with van der Waals surface area (Å²) in [6, 6.07) is 0.00696. The number of likely N-dealkylation sites (tertiary alicyclic amines) is 1. The minimum Gasteiger partial charge on any atom is -0.367 e. The monoisotopic (exact) mass is 378 g/mol. The Balaban J connectivity index is 1.63. The Morgan fingerprint density at radius 3 is 3.04 bits per heavy atom. The van der Waals surface area contributed by atoms with Gasteiger partial charge in [0.15, 0.2) is 5.82 Å². The fraction of sp³-hybridized carbons (Fsp3) is 0.500. The van der Waals surface area contributed by atoms with E-state index in [0.717, 1.165) is 5.69 Å². The molecule has 2 aromatic rings. The van der Waals surface area contributed by atoms with Crippen LogP contribution in [0.15, 0.2) is 18.6 Å². The number of hydrogen-bond acceptors (Lipinski definition) is 6. The van der Waals surface area contributed by atoms with E-state index in [4.69, 9.17) is 18.2 Å². The van der Waals surface area contributed by atoms with Gasteiger partial charge in [0, 0.05) is 32.4 Å². The van der Waals surface area contributed by atoms with Crippen LogP contribution in [0.2, 0.25) is 5.02 Å². The number of rotatable bonds is 7. The van der Waals surface area contributed by atoms with Crippen LogP contribution in [0, 0.1) is 6.57 Å². The van der Waals surface area contributed by atoms with Gasteiger partial charge in [-0.15, -0.1) is 0 Å². The molecule has 138 valence electrons. The maximum absolute atomic E-state index is 13.7. The van der Waals surface area contributed by atoms with Crippen molar-refractivity contribution < 1.29 is 4.39 Å². The highest BCUT2D eigenvalue weighted by molar-refractivity contribution is 6.32. The molecule has 1 fully saturated rings. The van der Waals surface area contributed by atoms with E-state index in [1.807, 2.05) is 11.9 Å². The van der Waals surface area contributed by atoms with E-state index < -0.39 is 6.17 Å². The second-order valence-corrected chi connectivity index (χ2v) is 6.57. The van der Waals surface area contributed by atoms with Gasteiger partial charge in [0.1, 0.15) is 11.2 Å². The predicted molar refractivity (Wildman–Crippen MR) is 98.4 cm³/mol. The molecule has 2 N–H and O–H groups in total. The van der Waals surface area contributed by atoms with Crippen molar-refractivity contribution in [2.45, 2.75) is 18.6 Å². The van der Waals surface area contributed by atoms with Crippen molar-refractivity contribution in [3.05, 3.63) is 35.0 Å². The van der Waals surface area contributed by atoms with E-state index >= 15 is 0 Å². The van der Waals surface area contributed by atoms with Gasteiger partial charge in [-0.3, -0.25) is 9.58 Å². The van der Waals surface area contributed by atoms with E-state index in [0.29, 0.717) is 49.4 Å². The first-order chi connectivity index (χ1) is 12.5. The molecule has 2 aromatic heterocycles. The Morgan fingerprint density at radius 1 is 1.46 bits per heavy atom. The molecule has 1 aliphatic heterocycles. The number of nitrogens with zero attached hydrogens (tertiary/aromatic N) is 6. The Labute approximate surface area is 156 Å². The van der Waals surface area contributed by atoms with Crippen LogP contribution < -0.4 is 10.6 Å². The third-order valence-electron chi connectivity index (χ3n) is 4.19. The van der Waals surface area contributed by atoms with Gasteiger partial charge in [0.25, 0.3) is 0 Å². The van der Waals surface area contributed by atoms with Crippen molar-refractivity contribution in [3.63, 3.8) is 0 Å². The average Bonchev–Trinajstić information content (AvgIpc) is 3.18. The molecule has 26 heavy (non-hydrogen) atoms. The fourth-order valence-corrected chi connectivity index (χ4v) is 3.13. The second-order valence-electron chi connectivity index (χ2n) is 6.16. The number of anilines is 3. The number of nitrogens with one attached hydrogen (secondary N) is 2. The van der Waals surface area contributed by atoms with Gasteiger partial charge >= 0.3 is 0 Å². The summed E-state index contributed by atoms with van der Waals surface area (Å²) < 4.78 is 15.4. The molecule has 0 amide bonds. The zero-order valence-electron chi connectivity index (χ0n) is 14.4. The lowest BCUT2D eigenvalue weighted by molar-refractivity contribution is 0.260. The van der Waals surface area contributed by atoms with Crippen LogP contribution in [0.3, 0.4) is 0 Å². The highest BCUT2D eigenvalue weighted by Crippen LogP contribution is 2.24. The molecule has 10 heteroatoms. The first-order valence-corrected chi connectivity index (χ1v) is 8.66. The first-order valence-electron chi connectivity index (χ1n) is 8.28. The molecule has 0 spiro atoms. The summed E-state index contributed by atoms with van der Waals surface area (Å²) in [6.45, 7) is 8.72. The molecule has 3 heterocycles. The molecule has 0 unspecified atom stereocenters.